The van der Waals surface area contributed by atoms with Crippen molar-refractivity contribution in [3.63, 3.8) is 0 Å². The second kappa shape index (κ2) is 5.10. The molecule has 1 aromatic carbocycles. The molecule has 1 heterocycles. The summed E-state index contributed by atoms with van der Waals surface area (Å²) in [6.07, 6.45) is 1.75. The van der Waals surface area contributed by atoms with Gasteiger partial charge in [-0.3, -0.25) is 0 Å². The Labute approximate surface area is 101 Å². The van der Waals surface area contributed by atoms with E-state index in [4.69, 9.17) is 4.74 Å². The summed E-state index contributed by atoms with van der Waals surface area (Å²) in [6, 6.07) is 6.36. The molecule has 0 fully saturated rings. The van der Waals surface area contributed by atoms with Crippen molar-refractivity contribution in [1.82, 2.24) is 14.8 Å². The van der Waals surface area contributed by atoms with Crippen molar-refractivity contribution in [2.45, 2.75) is 20.4 Å². The molecule has 90 valence electrons. The van der Waals surface area contributed by atoms with Crippen molar-refractivity contribution in [2.24, 2.45) is 0 Å². The summed E-state index contributed by atoms with van der Waals surface area (Å²) in [5, 5.41) is 8.18. The van der Waals surface area contributed by atoms with Crippen LogP contribution >= 0.6 is 0 Å². The Morgan fingerprint density at radius 3 is 2.88 bits per heavy atom. The lowest BCUT2D eigenvalue weighted by Crippen LogP contribution is -2.05. The van der Waals surface area contributed by atoms with Crippen LogP contribution in [0.15, 0.2) is 24.5 Å². The van der Waals surface area contributed by atoms with Crippen LogP contribution in [0.5, 0.6) is 0 Å². The number of ether oxygens (including phenoxy) is 1. The van der Waals surface area contributed by atoms with Crippen LogP contribution in [0.4, 0.5) is 0 Å². The quantitative estimate of drug-likeness (QED) is 0.810. The first-order valence-corrected chi connectivity index (χ1v) is 5.66. The van der Waals surface area contributed by atoms with Crippen molar-refractivity contribution in [2.75, 3.05) is 13.7 Å². The average molecular weight is 231 g/mol. The van der Waals surface area contributed by atoms with Gasteiger partial charge in [-0.15, -0.1) is 10.2 Å². The van der Waals surface area contributed by atoms with E-state index < -0.39 is 0 Å². The second-order valence-electron chi connectivity index (χ2n) is 4.16. The van der Waals surface area contributed by atoms with Crippen LogP contribution < -0.4 is 0 Å². The maximum absolute atomic E-state index is 5.08. The normalized spacial score (nSPS) is 10.8. The van der Waals surface area contributed by atoms with Gasteiger partial charge in [0, 0.05) is 19.2 Å². The van der Waals surface area contributed by atoms with E-state index in [-0.39, 0.29) is 0 Å². The molecule has 17 heavy (non-hydrogen) atoms. The lowest BCUT2D eigenvalue weighted by atomic mass is 10.1. The topological polar surface area (TPSA) is 39.9 Å². The van der Waals surface area contributed by atoms with E-state index in [1.165, 1.54) is 11.1 Å². The third kappa shape index (κ3) is 2.53. The monoisotopic (exact) mass is 231 g/mol. The standard InChI is InChI=1S/C13H17N3O/c1-10-4-5-11(2)12(8-10)13-15-14-9-16(13)6-7-17-3/h4-5,8-9H,6-7H2,1-3H3. The molecule has 0 aliphatic heterocycles. The highest BCUT2D eigenvalue weighted by Gasteiger charge is 2.09. The molecule has 0 unspecified atom stereocenters. The van der Waals surface area contributed by atoms with Crippen LogP contribution in [0.2, 0.25) is 0 Å². The number of hydrogen-bond donors (Lipinski definition) is 0. The summed E-state index contributed by atoms with van der Waals surface area (Å²) in [5.74, 6) is 0.906. The minimum Gasteiger partial charge on any atom is -0.383 e. The van der Waals surface area contributed by atoms with Gasteiger partial charge in [0.2, 0.25) is 0 Å². The molecule has 0 spiro atoms. The van der Waals surface area contributed by atoms with Gasteiger partial charge in [0.1, 0.15) is 6.33 Å². The van der Waals surface area contributed by atoms with Crippen LogP contribution in [0, 0.1) is 13.8 Å². The molecule has 0 saturated carbocycles. The number of hydrogen-bond acceptors (Lipinski definition) is 3. The Balaban J connectivity index is 2.38. The molecule has 1 aromatic heterocycles. The Morgan fingerprint density at radius 1 is 1.29 bits per heavy atom. The van der Waals surface area contributed by atoms with Gasteiger partial charge >= 0.3 is 0 Å². The summed E-state index contributed by atoms with van der Waals surface area (Å²) in [6.45, 7) is 5.60. The minimum atomic E-state index is 0.663. The molecule has 2 aromatic rings. The summed E-state index contributed by atoms with van der Waals surface area (Å²) in [7, 11) is 1.70. The molecule has 0 amide bonds. The van der Waals surface area contributed by atoms with Gasteiger partial charge < -0.3 is 9.30 Å². The Morgan fingerprint density at radius 2 is 2.12 bits per heavy atom. The average Bonchev–Trinajstić information content (AvgIpc) is 2.77. The first-order valence-electron chi connectivity index (χ1n) is 5.66. The molecule has 4 heteroatoms. The zero-order valence-corrected chi connectivity index (χ0v) is 10.5. The highest BCUT2D eigenvalue weighted by Crippen LogP contribution is 2.22. The van der Waals surface area contributed by atoms with Gasteiger partial charge in [0.25, 0.3) is 0 Å². The summed E-state index contributed by atoms with van der Waals surface area (Å²) < 4.78 is 7.10. The van der Waals surface area contributed by atoms with Gasteiger partial charge in [-0.25, -0.2) is 0 Å². The van der Waals surface area contributed by atoms with E-state index in [1.54, 1.807) is 13.4 Å². The van der Waals surface area contributed by atoms with Gasteiger partial charge in [-0.05, 0) is 25.5 Å². The van der Waals surface area contributed by atoms with Crippen molar-refractivity contribution >= 4 is 0 Å². The van der Waals surface area contributed by atoms with Crippen LogP contribution in [0.3, 0.4) is 0 Å². The highest BCUT2D eigenvalue weighted by atomic mass is 16.5. The maximum Gasteiger partial charge on any atom is 0.164 e. The molecule has 0 aliphatic carbocycles. The smallest absolute Gasteiger partial charge is 0.164 e. The first kappa shape index (κ1) is 11.8. The third-order valence-corrected chi connectivity index (χ3v) is 2.79. The molecule has 0 radical (unpaired) electrons. The number of nitrogens with zero attached hydrogens (tertiary/aromatic N) is 3. The van der Waals surface area contributed by atoms with Gasteiger partial charge in [-0.2, -0.15) is 0 Å². The predicted octanol–water partition coefficient (Wildman–Crippen LogP) is 2.21. The fourth-order valence-electron chi connectivity index (χ4n) is 1.79. The number of methoxy groups -OCH3 is 1. The van der Waals surface area contributed by atoms with Crippen LogP contribution in [-0.4, -0.2) is 28.5 Å². The number of aryl methyl sites for hydroxylation is 2. The highest BCUT2D eigenvalue weighted by molar-refractivity contribution is 5.61. The van der Waals surface area contributed by atoms with E-state index >= 15 is 0 Å². The van der Waals surface area contributed by atoms with Crippen molar-refractivity contribution in [3.05, 3.63) is 35.7 Å². The number of rotatable bonds is 4. The fourth-order valence-corrected chi connectivity index (χ4v) is 1.79. The molecule has 0 bridgehead atoms. The minimum absolute atomic E-state index is 0.663. The van der Waals surface area contributed by atoms with Crippen LogP contribution in [0.25, 0.3) is 11.4 Å². The summed E-state index contributed by atoms with van der Waals surface area (Å²) in [4.78, 5) is 0. The second-order valence-corrected chi connectivity index (χ2v) is 4.16. The van der Waals surface area contributed by atoms with E-state index in [1.807, 2.05) is 4.57 Å². The molecule has 2 rings (SSSR count). The molecular weight excluding hydrogens is 214 g/mol. The van der Waals surface area contributed by atoms with Crippen molar-refractivity contribution in [3.8, 4) is 11.4 Å². The van der Waals surface area contributed by atoms with Gasteiger partial charge in [0.05, 0.1) is 6.61 Å². The lowest BCUT2D eigenvalue weighted by molar-refractivity contribution is 0.187. The summed E-state index contributed by atoms with van der Waals surface area (Å²) in [5.41, 5.74) is 3.58. The zero-order chi connectivity index (χ0) is 12.3. The maximum atomic E-state index is 5.08. The Hall–Kier alpha value is -1.68. The van der Waals surface area contributed by atoms with Gasteiger partial charge in [0.15, 0.2) is 5.82 Å². The molecule has 0 N–H and O–H groups in total. The predicted molar refractivity (Wildman–Crippen MR) is 66.8 cm³/mol. The van der Waals surface area contributed by atoms with E-state index in [9.17, 15) is 0 Å². The summed E-state index contributed by atoms with van der Waals surface area (Å²) >= 11 is 0. The van der Waals surface area contributed by atoms with E-state index in [0.29, 0.717) is 6.61 Å². The largest absolute Gasteiger partial charge is 0.383 e. The van der Waals surface area contributed by atoms with Crippen LogP contribution in [0.1, 0.15) is 11.1 Å². The first-order chi connectivity index (χ1) is 8.22. The lowest BCUT2D eigenvalue weighted by Gasteiger charge is -2.09. The SMILES string of the molecule is COCCn1cnnc1-c1cc(C)ccc1C. The van der Waals surface area contributed by atoms with E-state index in [2.05, 4.69) is 42.2 Å². The molecule has 0 aliphatic rings. The third-order valence-electron chi connectivity index (χ3n) is 2.79. The van der Waals surface area contributed by atoms with Crippen LogP contribution in [-0.2, 0) is 11.3 Å². The van der Waals surface area contributed by atoms with E-state index in [0.717, 1.165) is 17.9 Å². The van der Waals surface area contributed by atoms with Gasteiger partial charge in [-0.1, -0.05) is 17.7 Å². The van der Waals surface area contributed by atoms with Crippen molar-refractivity contribution in [1.29, 1.82) is 0 Å². The fraction of sp³-hybridized carbons (Fsp3) is 0.385. The molecule has 0 saturated heterocycles. The number of aromatic nitrogens is 3. The molecule has 0 atom stereocenters. The zero-order valence-electron chi connectivity index (χ0n) is 10.5. The Kier molecular flexibility index (Phi) is 3.54. The molecular formula is C13H17N3O. The number of benzene rings is 1. The Bertz CT molecular complexity index is 505. The molecule has 4 nitrogen and oxygen atoms in total. The van der Waals surface area contributed by atoms with Crippen molar-refractivity contribution < 1.29 is 4.74 Å².